The number of aromatic nitrogens is 2. The second-order valence-electron chi connectivity index (χ2n) is 7.61. The van der Waals surface area contributed by atoms with Crippen molar-refractivity contribution in [3.05, 3.63) is 101 Å². The number of benzene rings is 3. The van der Waals surface area contributed by atoms with Crippen molar-refractivity contribution in [2.24, 2.45) is 0 Å². The highest BCUT2D eigenvalue weighted by atomic mass is 16.2. The highest BCUT2D eigenvalue weighted by Crippen LogP contribution is 2.35. The summed E-state index contributed by atoms with van der Waals surface area (Å²) < 4.78 is 1.36. The van der Waals surface area contributed by atoms with Crippen LogP contribution in [0.2, 0.25) is 0 Å². The Morgan fingerprint density at radius 1 is 0.900 bits per heavy atom. The molecule has 0 aliphatic heterocycles. The van der Waals surface area contributed by atoms with Crippen LogP contribution in [0, 0.1) is 0 Å². The van der Waals surface area contributed by atoms with E-state index >= 15 is 0 Å². The number of rotatable bonds is 4. The molecule has 3 aromatic carbocycles. The van der Waals surface area contributed by atoms with Crippen LogP contribution in [0.5, 0.6) is 0 Å². The van der Waals surface area contributed by atoms with Crippen LogP contribution in [0.25, 0.3) is 22.0 Å². The van der Waals surface area contributed by atoms with Crippen molar-refractivity contribution in [3.63, 3.8) is 0 Å². The van der Waals surface area contributed by atoms with Crippen molar-refractivity contribution >= 4 is 16.8 Å². The molecule has 148 valence electrons. The molecule has 5 rings (SSSR count). The summed E-state index contributed by atoms with van der Waals surface area (Å²) in [7, 11) is 0. The van der Waals surface area contributed by atoms with E-state index in [1.807, 2.05) is 66.7 Å². The Morgan fingerprint density at radius 3 is 2.37 bits per heavy atom. The minimum Gasteiger partial charge on any atom is -0.267 e. The zero-order valence-electron chi connectivity index (χ0n) is 16.4. The van der Waals surface area contributed by atoms with Gasteiger partial charge in [-0.15, -0.1) is 0 Å². The summed E-state index contributed by atoms with van der Waals surface area (Å²) in [6.45, 7) is 0. The lowest BCUT2D eigenvalue weighted by molar-refractivity contribution is 0.101. The van der Waals surface area contributed by atoms with Gasteiger partial charge < -0.3 is 0 Å². The number of carbonyl (C=O) groups excluding carboxylic acids is 1. The molecule has 4 aromatic rings. The summed E-state index contributed by atoms with van der Waals surface area (Å²) in [6.07, 6.45) is 3.06. The lowest BCUT2D eigenvalue weighted by atomic mass is 9.84. The van der Waals surface area contributed by atoms with Crippen molar-refractivity contribution in [1.82, 2.24) is 9.66 Å². The molecule has 0 saturated heterocycles. The fourth-order valence-electron chi connectivity index (χ4n) is 3.91. The van der Waals surface area contributed by atoms with Crippen molar-refractivity contribution in [2.75, 3.05) is 5.43 Å². The number of carbonyl (C=O) groups is 1. The van der Waals surface area contributed by atoms with Crippen LogP contribution in [0.4, 0.5) is 0 Å². The lowest BCUT2D eigenvalue weighted by Crippen LogP contribution is -2.38. The number of nitrogens with one attached hydrogen (secondary N) is 1. The molecular formula is C25H21N3O2. The predicted octanol–water partition coefficient (Wildman–Crippen LogP) is 4.71. The number of para-hydroxylation sites is 1. The SMILES string of the molecule is O=C(Nn1c(C2CCC2)nc2ccccc2c1=O)c1ccccc1-c1ccccc1. The zero-order valence-corrected chi connectivity index (χ0v) is 16.4. The average Bonchev–Trinajstić information content (AvgIpc) is 2.76. The van der Waals surface area contributed by atoms with Crippen LogP contribution in [-0.2, 0) is 0 Å². The summed E-state index contributed by atoms with van der Waals surface area (Å²) in [5.74, 6) is 0.497. The molecule has 5 heteroatoms. The molecular weight excluding hydrogens is 374 g/mol. The Balaban J connectivity index is 1.59. The molecule has 0 bridgehead atoms. The molecule has 1 amide bonds. The maximum atomic E-state index is 13.3. The lowest BCUT2D eigenvalue weighted by Gasteiger charge is -2.27. The van der Waals surface area contributed by atoms with Crippen molar-refractivity contribution in [1.29, 1.82) is 0 Å². The van der Waals surface area contributed by atoms with Gasteiger partial charge >= 0.3 is 0 Å². The van der Waals surface area contributed by atoms with Gasteiger partial charge in [-0.05, 0) is 42.2 Å². The summed E-state index contributed by atoms with van der Waals surface area (Å²) >= 11 is 0. The molecule has 0 atom stereocenters. The third-order valence-electron chi connectivity index (χ3n) is 5.74. The highest BCUT2D eigenvalue weighted by Gasteiger charge is 2.27. The molecule has 30 heavy (non-hydrogen) atoms. The van der Waals surface area contributed by atoms with Crippen LogP contribution in [0.1, 0.15) is 41.4 Å². The first-order chi connectivity index (χ1) is 14.7. The Labute approximate surface area is 174 Å². The number of amides is 1. The Morgan fingerprint density at radius 2 is 1.60 bits per heavy atom. The van der Waals surface area contributed by atoms with E-state index in [0.717, 1.165) is 30.4 Å². The standard InChI is InChI=1S/C25H21N3O2/c29-24(20-14-5-4-13-19(20)17-9-2-1-3-10-17)27-28-23(18-11-8-12-18)26-22-16-7-6-15-21(22)25(28)30/h1-7,9-10,13-16,18H,8,11-12H2,(H,27,29). The van der Waals surface area contributed by atoms with Crippen LogP contribution in [0.3, 0.4) is 0 Å². The van der Waals surface area contributed by atoms with Crippen molar-refractivity contribution < 1.29 is 4.79 Å². The summed E-state index contributed by atoms with van der Waals surface area (Å²) in [6, 6.07) is 24.5. The third kappa shape index (κ3) is 3.18. The van der Waals surface area contributed by atoms with E-state index in [-0.39, 0.29) is 17.4 Å². The zero-order chi connectivity index (χ0) is 20.5. The predicted molar refractivity (Wildman–Crippen MR) is 118 cm³/mol. The molecule has 1 aromatic heterocycles. The first-order valence-corrected chi connectivity index (χ1v) is 10.2. The Hall–Kier alpha value is -3.73. The van der Waals surface area contributed by atoms with E-state index < -0.39 is 0 Å². The fourth-order valence-corrected chi connectivity index (χ4v) is 3.91. The van der Waals surface area contributed by atoms with E-state index in [2.05, 4.69) is 5.43 Å². The molecule has 1 saturated carbocycles. The molecule has 1 fully saturated rings. The number of nitrogens with zero attached hydrogens (tertiary/aromatic N) is 2. The third-order valence-corrected chi connectivity index (χ3v) is 5.74. The second-order valence-corrected chi connectivity index (χ2v) is 7.61. The molecule has 1 aliphatic carbocycles. The smallest absolute Gasteiger partial charge is 0.267 e. The van der Waals surface area contributed by atoms with E-state index in [9.17, 15) is 9.59 Å². The van der Waals surface area contributed by atoms with Gasteiger partial charge in [0.25, 0.3) is 11.5 Å². The second kappa shape index (κ2) is 7.59. The molecule has 0 unspecified atom stereocenters. The maximum absolute atomic E-state index is 13.3. The quantitative estimate of drug-likeness (QED) is 0.544. The largest absolute Gasteiger partial charge is 0.280 e. The first kappa shape index (κ1) is 18.3. The van der Waals surface area contributed by atoms with Crippen LogP contribution in [0.15, 0.2) is 83.7 Å². The van der Waals surface area contributed by atoms with Gasteiger partial charge in [0.2, 0.25) is 0 Å². The van der Waals surface area contributed by atoms with E-state index in [4.69, 9.17) is 4.98 Å². The van der Waals surface area contributed by atoms with Crippen molar-refractivity contribution in [2.45, 2.75) is 25.2 Å². The van der Waals surface area contributed by atoms with Gasteiger partial charge in [0.1, 0.15) is 5.82 Å². The van der Waals surface area contributed by atoms with Gasteiger partial charge in [-0.3, -0.25) is 15.0 Å². The highest BCUT2D eigenvalue weighted by molar-refractivity contribution is 6.05. The van der Waals surface area contributed by atoms with Crippen LogP contribution < -0.4 is 11.0 Å². The Kier molecular flexibility index (Phi) is 4.64. The average molecular weight is 395 g/mol. The molecule has 0 spiro atoms. The van der Waals surface area contributed by atoms with E-state index in [1.165, 1.54) is 4.68 Å². The Bertz CT molecular complexity index is 1290. The van der Waals surface area contributed by atoms with Gasteiger partial charge in [-0.2, -0.15) is 0 Å². The molecule has 1 aliphatic rings. The van der Waals surface area contributed by atoms with Gasteiger partial charge in [0.15, 0.2) is 0 Å². The topological polar surface area (TPSA) is 64.0 Å². The van der Waals surface area contributed by atoms with Crippen LogP contribution >= 0.6 is 0 Å². The van der Waals surface area contributed by atoms with Crippen LogP contribution in [-0.4, -0.2) is 15.6 Å². The van der Waals surface area contributed by atoms with Gasteiger partial charge in [0, 0.05) is 11.5 Å². The van der Waals surface area contributed by atoms with Gasteiger partial charge in [-0.1, -0.05) is 67.1 Å². The molecule has 0 radical (unpaired) electrons. The van der Waals surface area contributed by atoms with E-state index in [0.29, 0.717) is 22.3 Å². The minimum atomic E-state index is -0.325. The maximum Gasteiger partial charge on any atom is 0.280 e. The minimum absolute atomic E-state index is 0.187. The monoisotopic (exact) mass is 395 g/mol. The number of hydrogen-bond donors (Lipinski definition) is 1. The summed E-state index contributed by atoms with van der Waals surface area (Å²) in [5, 5.41) is 0.497. The molecule has 1 N–H and O–H groups in total. The first-order valence-electron chi connectivity index (χ1n) is 10.2. The summed E-state index contributed by atoms with van der Waals surface area (Å²) in [4.78, 5) is 31.2. The fraction of sp³-hybridized carbons (Fsp3) is 0.160. The van der Waals surface area contributed by atoms with Crippen molar-refractivity contribution in [3.8, 4) is 11.1 Å². The number of hydrogen-bond acceptors (Lipinski definition) is 3. The summed E-state index contributed by atoms with van der Waals surface area (Å²) in [5.41, 5.74) is 5.56. The number of fused-ring (bicyclic) bond motifs is 1. The molecule has 1 heterocycles. The van der Waals surface area contributed by atoms with E-state index in [1.54, 1.807) is 12.1 Å². The normalized spacial score (nSPS) is 13.7. The van der Waals surface area contributed by atoms with Gasteiger partial charge in [-0.25, -0.2) is 9.66 Å². The van der Waals surface area contributed by atoms with Gasteiger partial charge in [0.05, 0.1) is 10.9 Å². The molecule has 5 nitrogen and oxygen atoms in total.